The van der Waals surface area contributed by atoms with Crippen molar-refractivity contribution in [3.63, 3.8) is 0 Å². The van der Waals surface area contributed by atoms with Gasteiger partial charge >= 0.3 is 0 Å². The van der Waals surface area contributed by atoms with E-state index in [0.29, 0.717) is 12.8 Å². The van der Waals surface area contributed by atoms with Crippen molar-refractivity contribution in [2.45, 2.75) is 63.9 Å². The third kappa shape index (κ3) is 1.66. The average Bonchev–Trinajstić information content (AvgIpc) is 2.15. The summed E-state index contributed by atoms with van der Waals surface area (Å²) in [7, 11) is 0. The van der Waals surface area contributed by atoms with E-state index in [4.69, 9.17) is 9.47 Å². The molecule has 2 heterocycles. The summed E-state index contributed by atoms with van der Waals surface area (Å²) in [6.07, 6.45) is 0.340. The van der Waals surface area contributed by atoms with Crippen molar-refractivity contribution in [1.82, 2.24) is 0 Å². The van der Waals surface area contributed by atoms with Crippen LogP contribution in [0, 0.1) is 11.8 Å². The van der Waals surface area contributed by atoms with Gasteiger partial charge in [0.25, 0.3) is 0 Å². The van der Waals surface area contributed by atoms with Crippen LogP contribution < -0.4 is 0 Å². The minimum Gasteiger partial charge on any atom is -0.368 e. The van der Waals surface area contributed by atoms with Gasteiger partial charge in [0.2, 0.25) is 0 Å². The van der Waals surface area contributed by atoms with Gasteiger partial charge in [-0.2, -0.15) is 0 Å². The average molecular weight is 252 g/mol. The smallest absolute Gasteiger partial charge is 0.142 e. The van der Waals surface area contributed by atoms with Gasteiger partial charge in [-0.3, -0.25) is 9.59 Å². The van der Waals surface area contributed by atoms with Crippen molar-refractivity contribution < 1.29 is 19.1 Å². The van der Waals surface area contributed by atoms with Gasteiger partial charge in [-0.15, -0.1) is 0 Å². The Morgan fingerprint density at radius 3 is 1.50 bits per heavy atom. The summed E-state index contributed by atoms with van der Waals surface area (Å²) in [4.78, 5) is 24.3. The van der Waals surface area contributed by atoms with Crippen LogP contribution in [0.1, 0.15) is 40.5 Å². The summed E-state index contributed by atoms with van der Waals surface area (Å²) in [6, 6.07) is 0. The van der Waals surface area contributed by atoms with Gasteiger partial charge in [0.15, 0.2) is 0 Å². The first-order valence-corrected chi connectivity index (χ1v) is 6.61. The van der Waals surface area contributed by atoms with E-state index in [1.54, 1.807) is 0 Å². The number of rotatable bonds is 0. The first-order valence-electron chi connectivity index (χ1n) is 6.61. The fourth-order valence-corrected chi connectivity index (χ4v) is 3.61. The van der Waals surface area contributed by atoms with Gasteiger partial charge < -0.3 is 9.47 Å². The van der Waals surface area contributed by atoms with Crippen LogP contribution in [0.3, 0.4) is 0 Å². The first-order chi connectivity index (χ1) is 8.20. The van der Waals surface area contributed by atoms with Crippen LogP contribution in [0.4, 0.5) is 0 Å². The zero-order valence-corrected chi connectivity index (χ0v) is 11.4. The Bertz CT molecular complexity index is 384. The van der Waals surface area contributed by atoms with E-state index in [-0.39, 0.29) is 35.6 Å². The molecule has 100 valence electrons. The van der Waals surface area contributed by atoms with E-state index >= 15 is 0 Å². The second-order valence-corrected chi connectivity index (χ2v) is 7.02. The van der Waals surface area contributed by atoms with E-state index in [0.717, 1.165) is 0 Å². The topological polar surface area (TPSA) is 52.6 Å². The monoisotopic (exact) mass is 252 g/mol. The Morgan fingerprint density at radius 1 is 0.833 bits per heavy atom. The second kappa shape index (κ2) is 3.42. The summed E-state index contributed by atoms with van der Waals surface area (Å²) in [5.41, 5.74) is -0.867. The molecule has 4 atom stereocenters. The largest absolute Gasteiger partial charge is 0.368 e. The Labute approximate surface area is 107 Å². The van der Waals surface area contributed by atoms with Gasteiger partial charge in [0, 0.05) is 12.8 Å². The third-order valence-electron chi connectivity index (χ3n) is 4.27. The van der Waals surface area contributed by atoms with Crippen LogP contribution in [-0.2, 0) is 19.1 Å². The second-order valence-electron chi connectivity index (χ2n) is 7.02. The maximum Gasteiger partial charge on any atom is 0.142 e. The highest BCUT2D eigenvalue weighted by atomic mass is 16.6. The molecule has 0 radical (unpaired) electrons. The van der Waals surface area contributed by atoms with Crippen molar-refractivity contribution in [2.24, 2.45) is 11.8 Å². The molecule has 4 nitrogen and oxygen atoms in total. The number of Topliss-reactive ketones (excluding diaryl/α,β-unsaturated/α-hetero) is 2. The predicted octanol–water partition coefficient (Wildman–Crippen LogP) is 1.51. The summed E-state index contributed by atoms with van der Waals surface area (Å²) < 4.78 is 11.9. The summed E-state index contributed by atoms with van der Waals surface area (Å²) in [5.74, 6) is -0.193. The zero-order valence-electron chi connectivity index (χ0n) is 11.4. The number of ether oxygens (including phenoxy) is 2. The number of hydrogen-bond acceptors (Lipinski definition) is 4. The Balaban J connectivity index is 1.87. The van der Waals surface area contributed by atoms with Crippen LogP contribution in [0.5, 0.6) is 0 Å². The van der Waals surface area contributed by atoms with Gasteiger partial charge in [0.1, 0.15) is 11.6 Å². The molecule has 1 aliphatic carbocycles. The third-order valence-corrected chi connectivity index (χ3v) is 4.27. The van der Waals surface area contributed by atoms with Crippen molar-refractivity contribution in [3.05, 3.63) is 0 Å². The molecule has 0 bridgehead atoms. The molecule has 3 fully saturated rings. The summed E-state index contributed by atoms with van der Waals surface area (Å²) in [6.45, 7) is 7.68. The molecule has 0 aromatic heterocycles. The molecule has 4 heteroatoms. The zero-order chi connectivity index (χ0) is 13.3. The maximum absolute atomic E-state index is 12.1. The highest BCUT2D eigenvalue weighted by molar-refractivity contribution is 5.94. The van der Waals surface area contributed by atoms with Crippen molar-refractivity contribution in [2.75, 3.05) is 0 Å². The molecular weight excluding hydrogens is 232 g/mol. The maximum atomic E-state index is 12.1. The van der Waals surface area contributed by atoms with Crippen molar-refractivity contribution in [3.8, 4) is 0 Å². The number of fused-ring (bicyclic) bond motifs is 4. The lowest BCUT2D eigenvalue weighted by molar-refractivity contribution is -0.282. The highest BCUT2D eigenvalue weighted by Gasteiger charge is 2.65. The van der Waals surface area contributed by atoms with Gasteiger partial charge in [-0.1, -0.05) is 0 Å². The lowest BCUT2D eigenvalue weighted by atomic mass is 9.59. The summed E-state index contributed by atoms with van der Waals surface area (Å²) in [5, 5.41) is 0. The molecule has 0 aromatic rings. The number of carbonyl (C=O) groups excluding carboxylic acids is 2. The molecule has 2 aliphatic heterocycles. The molecule has 18 heavy (non-hydrogen) atoms. The van der Waals surface area contributed by atoms with Gasteiger partial charge in [0.05, 0.1) is 35.2 Å². The molecule has 3 rings (SSSR count). The van der Waals surface area contributed by atoms with Gasteiger partial charge in [-0.25, -0.2) is 0 Å². The van der Waals surface area contributed by atoms with Crippen molar-refractivity contribution >= 4 is 11.6 Å². The minimum absolute atomic E-state index is 0.161. The molecule has 1 saturated carbocycles. The van der Waals surface area contributed by atoms with E-state index in [9.17, 15) is 9.59 Å². The van der Waals surface area contributed by atoms with E-state index in [1.807, 2.05) is 27.7 Å². The predicted molar refractivity (Wildman–Crippen MR) is 64.1 cm³/mol. The Kier molecular flexibility index (Phi) is 2.34. The molecule has 0 spiro atoms. The Morgan fingerprint density at radius 2 is 1.17 bits per heavy atom. The molecule has 0 amide bonds. The van der Waals surface area contributed by atoms with Gasteiger partial charge in [-0.05, 0) is 27.7 Å². The minimum atomic E-state index is -0.433. The van der Waals surface area contributed by atoms with Crippen LogP contribution >= 0.6 is 0 Å². The molecule has 0 aromatic carbocycles. The number of ketones is 2. The molecule has 3 aliphatic rings. The van der Waals surface area contributed by atoms with Crippen LogP contribution in [-0.4, -0.2) is 35.0 Å². The number of carbonyl (C=O) groups is 2. The standard InChI is InChI=1S/C14H20O4/c1-13(2)5-7(15)9-10-8(16)6-14(3,4)18-12(10)11(9)17-13/h9-12H,5-6H2,1-4H3. The lowest BCUT2D eigenvalue weighted by Gasteiger charge is -2.59. The molecular formula is C14H20O4. The molecule has 0 N–H and O–H groups in total. The normalized spacial score (nSPS) is 44.9. The van der Waals surface area contributed by atoms with E-state index < -0.39 is 11.2 Å². The first kappa shape index (κ1) is 12.3. The lowest BCUT2D eigenvalue weighted by Crippen LogP contribution is -2.71. The highest BCUT2D eigenvalue weighted by Crippen LogP contribution is 2.51. The van der Waals surface area contributed by atoms with Crippen LogP contribution in [0.2, 0.25) is 0 Å². The van der Waals surface area contributed by atoms with E-state index in [1.165, 1.54) is 0 Å². The molecule has 2 saturated heterocycles. The quantitative estimate of drug-likeness (QED) is 0.655. The summed E-state index contributed by atoms with van der Waals surface area (Å²) >= 11 is 0. The fraction of sp³-hybridized carbons (Fsp3) is 0.857. The van der Waals surface area contributed by atoms with E-state index in [2.05, 4.69) is 0 Å². The van der Waals surface area contributed by atoms with Crippen molar-refractivity contribution in [1.29, 1.82) is 0 Å². The fourth-order valence-electron chi connectivity index (χ4n) is 3.61. The van der Waals surface area contributed by atoms with Crippen LogP contribution in [0.25, 0.3) is 0 Å². The Hall–Kier alpha value is -0.740. The molecule has 4 unspecified atom stereocenters. The SMILES string of the molecule is CC1(C)CC(=O)C2C(O1)C1OC(C)(C)CC(=O)C12. The number of hydrogen-bond donors (Lipinski definition) is 0. The van der Waals surface area contributed by atoms with Crippen LogP contribution in [0.15, 0.2) is 0 Å².